The van der Waals surface area contributed by atoms with Crippen LogP contribution in [-0.2, 0) is 16.0 Å². The molecule has 1 heterocycles. The molecular formula is C28H35N3O6. The fourth-order valence-electron chi connectivity index (χ4n) is 4.64. The Bertz CT molecular complexity index is 1150. The maximum Gasteiger partial charge on any atom is 0.254 e. The van der Waals surface area contributed by atoms with Gasteiger partial charge in [-0.3, -0.25) is 14.4 Å². The second-order valence-electron chi connectivity index (χ2n) is 9.93. The van der Waals surface area contributed by atoms with Gasteiger partial charge in [-0.2, -0.15) is 0 Å². The Labute approximate surface area is 216 Å². The molecule has 0 bridgehead atoms. The third-order valence-corrected chi connectivity index (χ3v) is 7.00. The van der Waals surface area contributed by atoms with Crippen molar-refractivity contribution in [3.05, 3.63) is 77.9 Å². The van der Waals surface area contributed by atoms with E-state index in [0.29, 0.717) is 5.56 Å². The summed E-state index contributed by atoms with van der Waals surface area (Å²) >= 11 is 0. The largest absolute Gasteiger partial charge is 0.508 e. The minimum Gasteiger partial charge on any atom is -0.508 e. The van der Waals surface area contributed by atoms with Gasteiger partial charge in [-0.25, -0.2) is 0 Å². The number of hydrogen-bond acceptors (Lipinski definition) is 6. The van der Waals surface area contributed by atoms with Gasteiger partial charge in [-0.05, 0) is 31.0 Å². The van der Waals surface area contributed by atoms with Crippen molar-refractivity contribution in [3.63, 3.8) is 0 Å². The molecule has 3 amide bonds. The molecule has 1 fully saturated rings. The molecule has 1 aliphatic heterocycles. The quantitative estimate of drug-likeness (QED) is 0.323. The molecule has 0 aromatic heterocycles. The Balaban J connectivity index is 1.91. The maximum atomic E-state index is 13.6. The average Bonchev–Trinajstić information content (AvgIpc) is 3.11. The molecule has 5 N–H and O–H groups in total. The van der Waals surface area contributed by atoms with Gasteiger partial charge in [0.2, 0.25) is 5.91 Å². The van der Waals surface area contributed by atoms with Crippen molar-refractivity contribution in [2.75, 3.05) is 13.1 Å². The number of rotatable bonds is 9. The highest BCUT2D eigenvalue weighted by Crippen LogP contribution is 2.37. The number of carbonyl (C=O) groups excluding carboxylic acids is 3. The third-order valence-electron chi connectivity index (χ3n) is 7.00. The molecule has 0 spiro atoms. The number of aliphatic hydroxyl groups is 2. The van der Waals surface area contributed by atoms with Crippen LogP contribution in [-0.4, -0.2) is 75.3 Å². The molecule has 0 saturated carbocycles. The Kier molecular flexibility index (Phi) is 8.73. The fraction of sp³-hybridized carbons (Fsp3) is 0.393. The molecular weight excluding hydrogens is 474 g/mol. The first-order chi connectivity index (χ1) is 17.5. The summed E-state index contributed by atoms with van der Waals surface area (Å²) in [7, 11) is 0. The van der Waals surface area contributed by atoms with Crippen LogP contribution in [0.15, 0.2) is 61.2 Å². The zero-order valence-corrected chi connectivity index (χ0v) is 21.3. The van der Waals surface area contributed by atoms with Crippen molar-refractivity contribution in [1.82, 2.24) is 15.5 Å². The van der Waals surface area contributed by atoms with Gasteiger partial charge < -0.3 is 30.9 Å². The highest BCUT2D eigenvalue weighted by atomic mass is 16.3. The van der Waals surface area contributed by atoms with Gasteiger partial charge in [0.25, 0.3) is 11.8 Å². The van der Waals surface area contributed by atoms with Gasteiger partial charge in [-0.15, -0.1) is 6.58 Å². The molecule has 2 aromatic carbocycles. The molecule has 198 valence electrons. The zero-order chi connectivity index (χ0) is 27.3. The fourth-order valence-corrected chi connectivity index (χ4v) is 4.64. The van der Waals surface area contributed by atoms with Gasteiger partial charge in [-0.1, -0.05) is 56.3 Å². The summed E-state index contributed by atoms with van der Waals surface area (Å²) in [5.41, 5.74) is 0.367. The second kappa shape index (κ2) is 11.6. The molecule has 1 aliphatic rings. The summed E-state index contributed by atoms with van der Waals surface area (Å²) in [4.78, 5) is 40.9. The number of benzene rings is 2. The number of carbonyl (C=O) groups is 3. The molecule has 37 heavy (non-hydrogen) atoms. The molecule has 3 rings (SSSR count). The average molecular weight is 510 g/mol. The van der Waals surface area contributed by atoms with Crippen LogP contribution in [0.1, 0.15) is 35.3 Å². The number of hydrogen-bond donors (Lipinski definition) is 5. The maximum absolute atomic E-state index is 13.6. The summed E-state index contributed by atoms with van der Waals surface area (Å²) in [6.45, 7) is 8.58. The van der Waals surface area contributed by atoms with Crippen molar-refractivity contribution < 1.29 is 29.7 Å². The molecule has 4 atom stereocenters. The van der Waals surface area contributed by atoms with E-state index in [9.17, 15) is 29.7 Å². The number of phenolic OH excluding ortho intramolecular Hbond substituents is 1. The Morgan fingerprint density at radius 2 is 1.84 bits per heavy atom. The van der Waals surface area contributed by atoms with E-state index in [2.05, 4.69) is 17.2 Å². The lowest BCUT2D eigenvalue weighted by Gasteiger charge is -2.34. The van der Waals surface area contributed by atoms with Gasteiger partial charge in [0.15, 0.2) is 6.10 Å². The minimum atomic E-state index is -1.71. The number of nitrogens with zero attached hydrogens (tertiary/aromatic N) is 1. The monoisotopic (exact) mass is 509 g/mol. The zero-order valence-electron chi connectivity index (χ0n) is 21.3. The predicted octanol–water partition coefficient (Wildman–Crippen LogP) is 1.30. The van der Waals surface area contributed by atoms with Crippen LogP contribution in [0.2, 0.25) is 0 Å². The number of nitrogens with one attached hydrogen (secondary N) is 2. The summed E-state index contributed by atoms with van der Waals surface area (Å²) in [5, 5.41) is 37.4. The van der Waals surface area contributed by atoms with Crippen LogP contribution in [0.3, 0.4) is 0 Å². The van der Waals surface area contributed by atoms with Crippen LogP contribution < -0.4 is 10.6 Å². The summed E-state index contributed by atoms with van der Waals surface area (Å²) in [6, 6.07) is 11.5. The van der Waals surface area contributed by atoms with Gasteiger partial charge >= 0.3 is 0 Å². The van der Waals surface area contributed by atoms with Crippen molar-refractivity contribution in [2.24, 2.45) is 5.41 Å². The molecule has 0 aliphatic carbocycles. The van der Waals surface area contributed by atoms with E-state index in [1.54, 1.807) is 32.9 Å². The molecule has 0 radical (unpaired) electrons. The number of likely N-dealkylation sites (tertiary alicyclic amines) is 1. The van der Waals surface area contributed by atoms with E-state index in [1.807, 2.05) is 18.2 Å². The molecule has 9 nitrogen and oxygen atoms in total. The van der Waals surface area contributed by atoms with E-state index in [1.165, 1.54) is 29.2 Å². The van der Waals surface area contributed by atoms with Crippen molar-refractivity contribution in [2.45, 2.75) is 51.5 Å². The Morgan fingerprint density at radius 3 is 2.49 bits per heavy atom. The Hall–Kier alpha value is -3.69. The number of phenols is 1. The van der Waals surface area contributed by atoms with E-state index in [0.717, 1.165) is 5.56 Å². The minimum absolute atomic E-state index is 0.0504. The van der Waals surface area contributed by atoms with Crippen LogP contribution in [0.5, 0.6) is 5.75 Å². The second-order valence-corrected chi connectivity index (χ2v) is 9.93. The van der Waals surface area contributed by atoms with Crippen LogP contribution >= 0.6 is 0 Å². The molecule has 1 unspecified atom stereocenters. The first-order valence-corrected chi connectivity index (χ1v) is 12.2. The normalized spacial score (nSPS) is 20.1. The predicted molar refractivity (Wildman–Crippen MR) is 139 cm³/mol. The number of aliphatic hydroxyl groups excluding tert-OH is 2. The number of amides is 3. The van der Waals surface area contributed by atoms with Crippen molar-refractivity contribution in [1.29, 1.82) is 0 Å². The molecule has 1 saturated heterocycles. The smallest absolute Gasteiger partial charge is 0.254 e. The Morgan fingerprint density at radius 1 is 1.16 bits per heavy atom. The number of β-amino-alcohol motifs (C(OH)–C–C–N with tert-alkyl or cyclic N) is 1. The topological polar surface area (TPSA) is 139 Å². The van der Waals surface area contributed by atoms with E-state index in [4.69, 9.17) is 0 Å². The lowest BCUT2D eigenvalue weighted by Crippen LogP contribution is -2.57. The highest BCUT2D eigenvalue weighted by molar-refractivity contribution is 5.97. The standard InChI is InChI=1S/C28H35N3O6/c1-5-14-29-26(36)24-28(3,4)22(33)16-31(24)27(37)23(34)20(15-18-10-7-6-8-11-18)30-25(35)19-12-9-13-21(32)17(19)2/h5-13,20,22-24,32-34H,1,14-16H2,2-4H3,(H,29,36)(H,30,35)/t20-,22+,23-,24?/m0/s1. The summed E-state index contributed by atoms with van der Waals surface area (Å²) in [5.74, 6) is -1.87. The van der Waals surface area contributed by atoms with Crippen LogP contribution in [0.25, 0.3) is 0 Å². The van der Waals surface area contributed by atoms with Crippen LogP contribution in [0.4, 0.5) is 0 Å². The van der Waals surface area contributed by atoms with Crippen LogP contribution in [0, 0.1) is 12.3 Å². The number of aromatic hydroxyl groups is 1. The van der Waals surface area contributed by atoms with Gasteiger partial charge in [0.1, 0.15) is 11.8 Å². The molecule has 2 aromatic rings. The van der Waals surface area contributed by atoms with Crippen molar-refractivity contribution in [3.8, 4) is 5.75 Å². The SMILES string of the molecule is C=CCNC(=O)C1N(C(=O)[C@@H](O)[C@H](Cc2ccccc2)NC(=O)c2cccc(O)c2C)C[C@@H](O)C1(C)C. The van der Waals surface area contributed by atoms with Crippen molar-refractivity contribution >= 4 is 17.7 Å². The molecule has 9 heteroatoms. The first-order valence-electron chi connectivity index (χ1n) is 12.2. The highest BCUT2D eigenvalue weighted by Gasteiger charge is 2.54. The van der Waals surface area contributed by atoms with Gasteiger partial charge in [0, 0.05) is 29.6 Å². The van der Waals surface area contributed by atoms with Gasteiger partial charge in [0.05, 0.1) is 12.1 Å². The lowest BCUT2D eigenvalue weighted by atomic mass is 9.82. The third kappa shape index (κ3) is 6.00. The van der Waals surface area contributed by atoms with E-state index >= 15 is 0 Å². The summed E-state index contributed by atoms with van der Waals surface area (Å²) < 4.78 is 0. The lowest BCUT2D eigenvalue weighted by molar-refractivity contribution is -0.148. The first kappa shape index (κ1) is 27.9. The van der Waals surface area contributed by atoms with E-state index in [-0.39, 0.29) is 30.8 Å². The summed E-state index contributed by atoms with van der Waals surface area (Å²) in [6.07, 6.45) is -1.07. The van der Waals surface area contributed by atoms with E-state index < -0.39 is 47.4 Å².